The van der Waals surface area contributed by atoms with Gasteiger partial charge in [-0.25, -0.2) is 13.8 Å². The number of aryl methyl sites for hydroxylation is 1. The molecular formula is C11H14ClF2NO. The zero-order valence-electron chi connectivity index (χ0n) is 8.89. The standard InChI is InChI=1S/C11H14ClF2NO/c12-6-3-10-15-7-9(16-10)8-1-4-11(13,14)5-2-8/h7-8H,1-6H2. The molecule has 1 fully saturated rings. The lowest BCUT2D eigenvalue weighted by atomic mass is 9.85. The van der Waals surface area contributed by atoms with E-state index >= 15 is 0 Å². The van der Waals surface area contributed by atoms with E-state index in [-0.39, 0.29) is 18.8 Å². The van der Waals surface area contributed by atoms with Crippen LogP contribution in [-0.4, -0.2) is 16.8 Å². The molecule has 0 saturated heterocycles. The van der Waals surface area contributed by atoms with Crippen LogP contribution in [0.25, 0.3) is 0 Å². The fourth-order valence-corrected chi connectivity index (χ4v) is 2.20. The van der Waals surface area contributed by atoms with Crippen LogP contribution in [0.2, 0.25) is 0 Å². The molecule has 2 nitrogen and oxygen atoms in total. The number of nitrogens with zero attached hydrogens (tertiary/aromatic N) is 1. The molecule has 0 aliphatic heterocycles. The normalized spacial score (nSPS) is 21.2. The Morgan fingerprint density at radius 3 is 2.75 bits per heavy atom. The lowest BCUT2D eigenvalue weighted by molar-refractivity contribution is -0.0395. The molecule has 0 spiro atoms. The van der Waals surface area contributed by atoms with Gasteiger partial charge < -0.3 is 4.42 Å². The first kappa shape index (κ1) is 11.8. The van der Waals surface area contributed by atoms with Crippen LogP contribution >= 0.6 is 11.6 Å². The summed E-state index contributed by atoms with van der Waals surface area (Å²) in [6.07, 6.45) is 3.08. The van der Waals surface area contributed by atoms with E-state index in [1.807, 2.05) is 0 Å². The van der Waals surface area contributed by atoms with Crippen LogP contribution in [0, 0.1) is 0 Å². The van der Waals surface area contributed by atoms with Crippen LogP contribution in [0.1, 0.15) is 43.3 Å². The maximum absolute atomic E-state index is 13.0. The highest BCUT2D eigenvalue weighted by Gasteiger charge is 2.36. The van der Waals surface area contributed by atoms with Crippen LogP contribution in [0.4, 0.5) is 8.78 Å². The van der Waals surface area contributed by atoms with E-state index in [1.54, 1.807) is 6.20 Å². The van der Waals surface area contributed by atoms with Gasteiger partial charge in [0.25, 0.3) is 0 Å². The summed E-state index contributed by atoms with van der Waals surface area (Å²) in [4.78, 5) is 4.08. The highest BCUT2D eigenvalue weighted by Crippen LogP contribution is 2.40. The second kappa shape index (κ2) is 4.70. The number of alkyl halides is 3. The molecule has 16 heavy (non-hydrogen) atoms. The summed E-state index contributed by atoms with van der Waals surface area (Å²) >= 11 is 5.57. The molecule has 90 valence electrons. The van der Waals surface area contributed by atoms with Crippen molar-refractivity contribution in [1.82, 2.24) is 4.98 Å². The maximum Gasteiger partial charge on any atom is 0.248 e. The van der Waals surface area contributed by atoms with Crippen molar-refractivity contribution < 1.29 is 13.2 Å². The molecule has 1 saturated carbocycles. The Hall–Kier alpha value is -0.640. The highest BCUT2D eigenvalue weighted by molar-refractivity contribution is 6.17. The minimum Gasteiger partial charge on any atom is -0.445 e. The average Bonchev–Trinajstić information content (AvgIpc) is 2.67. The van der Waals surface area contributed by atoms with Crippen molar-refractivity contribution in [3.8, 4) is 0 Å². The van der Waals surface area contributed by atoms with Crippen LogP contribution in [-0.2, 0) is 6.42 Å². The van der Waals surface area contributed by atoms with E-state index in [0.29, 0.717) is 31.0 Å². The summed E-state index contributed by atoms with van der Waals surface area (Å²) in [6, 6.07) is 0. The summed E-state index contributed by atoms with van der Waals surface area (Å²) in [5, 5.41) is 0. The summed E-state index contributed by atoms with van der Waals surface area (Å²) < 4.78 is 31.4. The number of oxazole rings is 1. The molecule has 1 aromatic rings. The van der Waals surface area contributed by atoms with Gasteiger partial charge in [-0.05, 0) is 12.8 Å². The Morgan fingerprint density at radius 1 is 1.44 bits per heavy atom. The van der Waals surface area contributed by atoms with E-state index in [4.69, 9.17) is 16.0 Å². The van der Waals surface area contributed by atoms with E-state index in [9.17, 15) is 8.78 Å². The van der Waals surface area contributed by atoms with Crippen molar-refractivity contribution in [1.29, 1.82) is 0 Å². The molecular weight excluding hydrogens is 236 g/mol. The van der Waals surface area contributed by atoms with Gasteiger partial charge in [0.1, 0.15) is 5.76 Å². The van der Waals surface area contributed by atoms with Crippen molar-refractivity contribution in [2.24, 2.45) is 0 Å². The van der Waals surface area contributed by atoms with Crippen molar-refractivity contribution in [3.63, 3.8) is 0 Å². The van der Waals surface area contributed by atoms with Crippen LogP contribution in [0.15, 0.2) is 10.6 Å². The summed E-state index contributed by atoms with van der Waals surface area (Å²) in [7, 11) is 0. The number of hydrogen-bond donors (Lipinski definition) is 0. The highest BCUT2D eigenvalue weighted by atomic mass is 35.5. The quantitative estimate of drug-likeness (QED) is 0.763. The van der Waals surface area contributed by atoms with Crippen molar-refractivity contribution in [3.05, 3.63) is 17.8 Å². The van der Waals surface area contributed by atoms with Gasteiger partial charge in [-0.2, -0.15) is 0 Å². The Bertz CT molecular complexity index is 344. The number of rotatable bonds is 3. The molecule has 1 aliphatic carbocycles. The smallest absolute Gasteiger partial charge is 0.248 e. The molecule has 0 radical (unpaired) electrons. The van der Waals surface area contributed by atoms with Gasteiger partial charge in [0.2, 0.25) is 5.92 Å². The summed E-state index contributed by atoms with van der Waals surface area (Å²) in [5.41, 5.74) is 0. The summed E-state index contributed by atoms with van der Waals surface area (Å²) in [5.74, 6) is -0.604. The predicted octanol–water partition coefficient (Wildman–Crippen LogP) is 3.75. The van der Waals surface area contributed by atoms with Crippen LogP contribution < -0.4 is 0 Å². The van der Waals surface area contributed by atoms with Gasteiger partial charge >= 0.3 is 0 Å². The summed E-state index contributed by atoms with van der Waals surface area (Å²) in [6.45, 7) is 0. The first-order valence-corrected chi connectivity index (χ1v) is 6.02. The van der Waals surface area contributed by atoms with E-state index in [1.165, 1.54) is 0 Å². The lowest BCUT2D eigenvalue weighted by Crippen LogP contribution is -2.23. The predicted molar refractivity (Wildman–Crippen MR) is 57.1 cm³/mol. The molecule has 5 heteroatoms. The molecule has 1 aromatic heterocycles. The third kappa shape index (κ3) is 2.73. The molecule has 1 aliphatic rings. The zero-order chi connectivity index (χ0) is 11.6. The minimum atomic E-state index is -2.49. The third-order valence-electron chi connectivity index (χ3n) is 3.00. The Morgan fingerprint density at radius 2 is 2.12 bits per heavy atom. The van der Waals surface area contributed by atoms with Gasteiger partial charge in [-0.3, -0.25) is 0 Å². The fourth-order valence-electron chi connectivity index (χ4n) is 2.03. The molecule has 2 rings (SSSR count). The van der Waals surface area contributed by atoms with Crippen LogP contribution in [0.5, 0.6) is 0 Å². The van der Waals surface area contributed by atoms with Gasteiger partial charge in [-0.15, -0.1) is 11.6 Å². The zero-order valence-corrected chi connectivity index (χ0v) is 9.64. The molecule has 0 unspecified atom stereocenters. The third-order valence-corrected chi connectivity index (χ3v) is 3.19. The maximum atomic E-state index is 13.0. The van der Waals surface area contributed by atoms with Crippen LogP contribution in [0.3, 0.4) is 0 Å². The largest absolute Gasteiger partial charge is 0.445 e. The van der Waals surface area contributed by atoms with E-state index in [2.05, 4.69) is 4.98 Å². The number of aromatic nitrogens is 1. The second-order valence-electron chi connectivity index (χ2n) is 4.23. The topological polar surface area (TPSA) is 26.0 Å². The second-order valence-corrected chi connectivity index (χ2v) is 4.60. The van der Waals surface area contributed by atoms with Crippen molar-refractivity contribution in [2.45, 2.75) is 43.9 Å². The lowest BCUT2D eigenvalue weighted by Gasteiger charge is -2.26. The molecule has 1 heterocycles. The molecule has 0 aromatic carbocycles. The molecule has 0 amide bonds. The fraction of sp³-hybridized carbons (Fsp3) is 0.727. The SMILES string of the molecule is FC1(F)CCC(c2cnc(CCCl)o2)CC1. The monoisotopic (exact) mass is 249 g/mol. The Kier molecular flexibility index (Phi) is 3.47. The molecule has 0 N–H and O–H groups in total. The van der Waals surface area contributed by atoms with Crippen molar-refractivity contribution >= 4 is 11.6 Å². The average molecular weight is 250 g/mol. The Labute approximate surface area is 98.0 Å². The van der Waals surface area contributed by atoms with Gasteiger partial charge in [0.05, 0.1) is 6.20 Å². The van der Waals surface area contributed by atoms with E-state index in [0.717, 1.165) is 5.76 Å². The van der Waals surface area contributed by atoms with Gasteiger partial charge in [-0.1, -0.05) is 0 Å². The number of hydrogen-bond acceptors (Lipinski definition) is 2. The molecule has 0 atom stereocenters. The van der Waals surface area contributed by atoms with Gasteiger partial charge in [0.15, 0.2) is 5.89 Å². The minimum absolute atomic E-state index is 0.0524. The molecule has 0 bridgehead atoms. The van der Waals surface area contributed by atoms with E-state index < -0.39 is 5.92 Å². The first-order chi connectivity index (χ1) is 7.61. The Balaban J connectivity index is 1.97. The van der Waals surface area contributed by atoms with Crippen molar-refractivity contribution in [2.75, 3.05) is 5.88 Å². The first-order valence-electron chi connectivity index (χ1n) is 5.49. The number of halogens is 3. The van der Waals surface area contributed by atoms with Gasteiger partial charge in [0, 0.05) is 31.1 Å².